The summed E-state index contributed by atoms with van der Waals surface area (Å²) in [6, 6.07) is 4.22. The second-order valence-electron chi connectivity index (χ2n) is 5.64. The molecule has 0 aliphatic carbocycles. The number of benzene rings is 1. The molecule has 1 aromatic rings. The van der Waals surface area contributed by atoms with Crippen LogP contribution in [0.4, 0.5) is 10.1 Å². The number of hydrogen-bond acceptors (Lipinski definition) is 3. The van der Waals surface area contributed by atoms with Crippen molar-refractivity contribution in [2.75, 3.05) is 25.4 Å². The van der Waals surface area contributed by atoms with Crippen LogP contribution in [0.15, 0.2) is 18.2 Å². The molecule has 1 aromatic carbocycles. The van der Waals surface area contributed by atoms with Crippen molar-refractivity contribution in [1.29, 1.82) is 0 Å². The Kier molecular flexibility index (Phi) is 4.60. The SMILES string of the molecule is C[C](C)CN1CC[C@@H](NC(=O)c2ccc(N)cc2F)C1. The highest BCUT2D eigenvalue weighted by Crippen LogP contribution is 2.15. The molecule has 5 heteroatoms. The van der Waals surface area contributed by atoms with Gasteiger partial charge in [-0.15, -0.1) is 0 Å². The van der Waals surface area contributed by atoms with Gasteiger partial charge in [-0.1, -0.05) is 13.8 Å². The first-order valence-corrected chi connectivity index (χ1v) is 6.83. The van der Waals surface area contributed by atoms with Gasteiger partial charge in [-0.2, -0.15) is 0 Å². The average Bonchev–Trinajstić information content (AvgIpc) is 2.75. The van der Waals surface area contributed by atoms with Crippen molar-refractivity contribution >= 4 is 11.6 Å². The molecule has 1 atom stereocenters. The first-order valence-electron chi connectivity index (χ1n) is 6.83. The lowest BCUT2D eigenvalue weighted by Gasteiger charge is -2.18. The summed E-state index contributed by atoms with van der Waals surface area (Å²) in [7, 11) is 0. The van der Waals surface area contributed by atoms with Gasteiger partial charge >= 0.3 is 0 Å². The quantitative estimate of drug-likeness (QED) is 0.826. The van der Waals surface area contributed by atoms with Gasteiger partial charge < -0.3 is 16.0 Å². The Morgan fingerprint density at radius 1 is 1.50 bits per heavy atom. The second kappa shape index (κ2) is 6.22. The van der Waals surface area contributed by atoms with Gasteiger partial charge in [0.05, 0.1) is 5.56 Å². The van der Waals surface area contributed by atoms with Crippen molar-refractivity contribution in [3.63, 3.8) is 0 Å². The van der Waals surface area contributed by atoms with Gasteiger partial charge in [-0.05, 0) is 30.5 Å². The molecule has 1 fully saturated rings. The van der Waals surface area contributed by atoms with Crippen LogP contribution in [0.25, 0.3) is 0 Å². The van der Waals surface area contributed by atoms with Crippen molar-refractivity contribution in [3.8, 4) is 0 Å². The molecule has 1 saturated heterocycles. The Morgan fingerprint density at radius 3 is 2.90 bits per heavy atom. The van der Waals surface area contributed by atoms with Crippen LogP contribution in [0.5, 0.6) is 0 Å². The maximum Gasteiger partial charge on any atom is 0.254 e. The number of nitrogens with two attached hydrogens (primary N) is 1. The van der Waals surface area contributed by atoms with Gasteiger partial charge in [0.25, 0.3) is 5.91 Å². The zero-order valence-corrected chi connectivity index (χ0v) is 11.9. The smallest absolute Gasteiger partial charge is 0.254 e. The average molecular weight is 278 g/mol. The van der Waals surface area contributed by atoms with E-state index in [4.69, 9.17) is 5.73 Å². The maximum atomic E-state index is 13.7. The minimum Gasteiger partial charge on any atom is -0.399 e. The van der Waals surface area contributed by atoms with E-state index in [0.29, 0.717) is 5.69 Å². The van der Waals surface area contributed by atoms with Crippen LogP contribution in [0.2, 0.25) is 0 Å². The van der Waals surface area contributed by atoms with Crippen LogP contribution < -0.4 is 11.1 Å². The first-order chi connectivity index (χ1) is 9.45. The third kappa shape index (κ3) is 3.70. The summed E-state index contributed by atoms with van der Waals surface area (Å²) in [6.07, 6.45) is 0.898. The molecular weight excluding hydrogens is 257 g/mol. The topological polar surface area (TPSA) is 58.4 Å². The van der Waals surface area contributed by atoms with Gasteiger partial charge in [0.15, 0.2) is 0 Å². The Bertz CT molecular complexity index is 490. The van der Waals surface area contributed by atoms with Gasteiger partial charge in [0.1, 0.15) is 5.82 Å². The third-order valence-electron chi connectivity index (χ3n) is 3.39. The molecule has 3 N–H and O–H groups in total. The number of hydrogen-bond donors (Lipinski definition) is 2. The Morgan fingerprint density at radius 2 is 2.25 bits per heavy atom. The molecule has 1 amide bonds. The monoisotopic (exact) mass is 278 g/mol. The predicted octanol–water partition coefficient (Wildman–Crippen LogP) is 1.83. The fourth-order valence-electron chi connectivity index (χ4n) is 2.52. The van der Waals surface area contributed by atoms with E-state index in [9.17, 15) is 9.18 Å². The number of nitrogen functional groups attached to an aromatic ring is 1. The molecule has 0 spiro atoms. The molecule has 1 aliphatic rings. The van der Waals surface area contributed by atoms with E-state index in [-0.39, 0.29) is 17.5 Å². The molecule has 1 heterocycles. The van der Waals surface area contributed by atoms with E-state index >= 15 is 0 Å². The number of nitrogens with zero attached hydrogens (tertiary/aromatic N) is 1. The van der Waals surface area contributed by atoms with Crippen molar-refractivity contribution in [1.82, 2.24) is 10.2 Å². The summed E-state index contributed by atoms with van der Waals surface area (Å²) in [4.78, 5) is 14.3. The molecule has 0 bridgehead atoms. The van der Waals surface area contributed by atoms with E-state index in [2.05, 4.69) is 24.1 Å². The van der Waals surface area contributed by atoms with Crippen LogP contribution in [-0.4, -0.2) is 36.5 Å². The molecule has 0 aromatic heterocycles. The zero-order chi connectivity index (χ0) is 14.7. The number of amides is 1. The summed E-state index contributed by atoms with van der Waals surface area (Å²) in [5.74, 6) is 0.406. The summed E-state index contributed by atoms with van der Waals surface area (Å²) in [5, 5.41) is 2.89. The van der Waals surface area contributed by atoms with Crippen molar-refractivity contribution in [2.24, 2.45) is 0 Å². The largest absolute Gasteiger partial charge is 0.399 e. The Balaban J connectivity index is 1.92. The molecule has 109 valence electrons. The molecule has 20 heavy (non-hydrogen) atoms. The highest BCUT2D eigenvalue weighted by Gasteiger charge is 2.25. The standard InChI is InChI=1S/C15H21FN3O/c1-10(2)8-19-6-5-12(9-19)18-15(20)13-4-3-11(17)7-14(13)16/h3-4,7,12H,5-6,8-9,17H2,1-2H3,(H,18,20)/t12-/m1/s1. The number of carbonyl (C=O) groups is 1. The lowest BCUT2D eigenvalue weighted by Crippen LogP contribution is -2.37. The fraction of sp³-hybridized carbons (Fsp3) is 0.467. The van der Waals surface area contributed by atoms with Crippen LogP contribution in [-0.2, 0) is 0 Å². The summed E-state index contributed by atoms with van der Waals surface area (Å²) >= 11 is 0. The highest BCUT2D eigenvalue weighted by molar-refractivity contribution is 5.95. The zero-order valence-electron chi connectivity index (χ0n) is 11.9. The number of nitrogens with one attached hydrogen (secondary N) is 1. The number of likely N-dealkylation sites (tertiary alicyclic amines) is 1. The predicted molar refractivity (Wildman–Crippen MR) is 77.7 cm³/mol. The summed E-state index contributed by atoms with van der Waals surface area (Å²) in [6.45, 7) is 6.90. The minimum absolute atomic E-state index is 0.0517. The van der Waals surface area contributed by atoms with E-state index in [1.54, 1.807) is 0 Å². The number of anilines is 1. The molecule has 1 radical (unpaired) electrons. The number of halogens is 1. The van der Waals surface area contributed by atoms with Crippen LogP contribution in [0.1, 0.15) is 30.6 Å². The minimum atomic E-state index is -0.574. The maximum absolute atomic E-state index is 13.7. The molecular formula is C15H21FN3O. The highest BCUT2D eigenvalue weighted by atomic mass is 19.1. The Hall–Kier alpha value is -1.62. The van der Waals surface area contributed by atoms with Gasteiger partial charge in [-0.25, -0.2) is 4.39 Å². The molecule has 1 aliphatic heterocycles. The van der Waals surface area contributed by atoms with E-state index in [0.717, 1.165) is 26.1 Å². The van der Waals surface area contributed by atoms with Crippen molar-refractivity contribution in [3.05, 3.63) is 35.5 Å². The van der Waals surface area contributed by atoms with Gasteiger partial charge in [0, 0.05) is 31.4 Å². The van der Waals surface area contributed by atoms with Gasteiger partial charge in [-0.3, -0.25) is 4.79 Å². The molecule has 2 rings (SSSR count). The van der Waals surface area contributed by atoms with Crippen LogP contribution >= 0.6 is 0 Å². The number of rotatable bonds is 4. The Labute approximate surface area is 119 Å². The second-order valence-corrected chi connectivity index (χ2v) is 5.64. The van der Waals surface area contributed by atoms with Crippen molar-refractivity contribution < 1.29 is 9.18 Å². The summed E-state index contributed by atoms with van der Waals surface area (Å²) < 4.78 is 13.7. The number of carbonyl (C=O) groups excluding carboxylic acids is 1. The molecule has 0 saturated carbocycles. The van der Waals surface area contributed by atoms with E-state index in [1.165, 1.54) is 24.1 Å². The third-order valence-corrected chi connectivity index (χ3v) is 3.39. The molecule has 0 unspecified atom stereocenters. The van der Waals surface area contributed by atoms with Crippen LogP contribution in [0.3, 0.4) is 0 Å². The van der Waals surface area contributed by atoms with Crippen LogP contribution in [0, 0.1) is 11.7 Å². The molecule has 4 nitrogen and oxygen atoms in total. The summed E-state index contributed by atoms with van der Waals surface area (Å²) in [5.41, 5.74) is 5.85. The normalized spacial score (nSPS) is 19.5. The van der Waals surface area contributed by atoms with E-state index < -0.39 is 5.82 Å². The first kappa shape index (κ1) is 14.8. The van der Waals surface area contributed by atoms with E-state index in [1.807, 2.05) is 0 Å². The van der Waals surface area contributed by atoms with Crippen molar-refractivity contribution in [2.45, 2.75) is 26.3 Å². The fourth-order valence-corrected chi connectivity index (χ4v) is 2.52. The van der Waals surface area contributed by atoms with Gasteiger partial charge in [0.2, 0.25) is 0 Å². The lowest BCUT2D eigenvalue weighted by atomic mass is 10.1. The lowest BCUT2D eigenvalue weighted by molar-refractivity contribution is 0.0934.